The summed E-state index contributed by atoms with van der Waals surface area (Å²) in [6.07, 6.45) is 2.16. The summed E-state index contributed by atoms with van der Waals surface area (Å²) in [5.74, 6) is 0.376. The standard InChI is InChI=1S/C16H14ClN3O2/c17-9-4-1-3-8(7-9)12-13-10(5-2-6-11(13)21)18-15-14(12)16(22)20-19-15/h1,3-4,7,12H,2,5-6H2,(H3,18,19,20,22)/t12-/m1/s1. The first-order valence-electron chi connectivity index (χ1n) is 7.24. The van der Waals surface area contributed by atoms with E-state index in [0.29, 0.717) is 28.4 Å². The highest BCUT2D eigenvalue weighted by Gasteiger charge is 2.37. The Morgan fingerprint density at radius 1 is 1.14 bits per heavy atom. The molecule has 4 rings (SSSR count). The number of hydrogen-bond acceptors (Lipinski definition) is 3. The number of fused-ring (bicyclic) bond motifs is 1. The third kappa shape index (κ3) is 1.93. The number of aromatic nitrogens is 2. The maximum Gasteiger partial charge on any atom is 0.270 e. The molecule has 112 valence electrons. The van der Waals surface area contributed by atoms with E-state index in [9.17, 15) is 9.59 Å². The number of carbonyl (C=O) groups excluding carboxylic acids is 1. The molecule has 22 heavy (non-hydrogen) atoms. The lowest BCUT2D eigenvalue weighted by Crippen LogP contribution is -2.29. The summed E-state index contributed by atoms with van der Waals surface area (Å²) >= 11 is 6.11. The summed E-state index contributed by atoms with van der Waals surface area (Å²) in [5, 5.41) is 9.26. The van der Waals surface area contributed by atoms with Gasteiger partial charge in [0.15, 0.2) is 5.78 Å². The van der Waals surface area contributed by atoms with E-state index in [4.69, 9.17) is 11.6 Å². The summed E-state index contributed by atoms with van der Waals surface area (Å²) < 4.78 is 0. The summed E-state index contributed by atoms with van der Waals surface area (Å²) in [7, 11) is 0. The van der Waals surface area contributed by atoms with Crippen LogP contribution < -0.4 is 10.9 Å². The lowest BCUT2D eigenvalue weighted by atomic mass is 9.77. The van der Waals surface area contributed by atoms with Gasteiger partial charge in [-0.2, -0.15) is 0 Å². The minimum Gasteiger partial charge on any atom is -0.343 e. The van der Waals surface area contributed by atoms with E-state index >= 15 is 0 Å². The molecule has 0 amide bonds. The molecule has 0 fully saturated rings. The molecular weight excluding hydrogens is 302 g/mol. The van der Waals surface area contributed by atoms with E-state index < -0.39 is 0 Å². The molecule has 0 unspecified atom stereocenters. The molecule has 0 saturated carbocycles. The SMILES string of the molecule is O=C1CCCC2=C1[C@@H](c1cccc(Cl)c1)c1c([nH][nH]c1=O)N2. The van der Waals surface area contributed by atoms with Crippen LogP contribution in [0.3, 0.4) is 0 Å². The molecule has 0 spiro atoms. The number of ketones is 1. The van der Waals surface area contributed by atoms with E-state index in [-0.39, 0.29) is 17.3 Å². The van der Waals surface area contributed by atoms with Gasteiger partial charge in [-0.25, -0.2) is 0 Å². The fourth-order valence-corrected chi connectivity index (χ4v) is 3.58. The van der Waals surface area contributed by atoms with Crippen molar-refractivity contribution >= 4 is 23.2 Å². The second-order valence-corrected chi connectivity index (χ2v) is 6.09. The number of allylic oxidation sites excluding steroid dienone is 2. The fraction of sp³-hybridized carbons (Fsp3) is 0.250. The van der Waals surface area contributed by atoms with Crippen LogP contribution in [0.2, 0.25) is 5.02 Å². The van der Waals surface area contributed by atoms with Crippen LogP contribution in [0, 0.1) is 0 Å². The van der Waals surface area contributed by atoms with Crippen LogP contribution in [0.25, 0.3) is 0 Å². The molecule has 2 aromatic rings. The van der Waals surface area contributed by atoms with E-state index in [0.717, 1.165) is 24.1 Å². The number of benzene rings is 1. The molecule has 1 aromatic heterocycles. The van der Waals surface area contributed by atoms with Gasteiger partial charge in [-0.05, 0) is 30.5 Å². The summed E-state index contributed by atoms with van der Waals surface area (Å²) in [6.45, 7) is 0. The number of halogens is 1. The maximum absolute atomic E-state index is 12.5. The number of carbonyl (C=O) groups is 1. The molecule has 2 aliphatic rings. The zero-order chi connectivity index (χ0) is 15.3. The van der Waals surface area contributed by atoms with Crippen LogP contribution in [-0.4, -0.2) is 16.0 Å². The van der Waals surface area contributed by atoms with Crippen molar-refractivity contribution in [2.45, 2.75) is 25.2 Å². The van der Waals surface area contributed by atoms with Gasteiger partial charge in [0.05, 0.1) is 5.56 Å². The molecule has 0 saturated heterocycles. The fourth-order valence-electron chi connectivity index (χ4n) is 3.38. The van der Waals surface area contributed by atoms with Gasteiger partial charge >= 0.3 is 0 Å². The van der Waals surface area contributed by atoms with E-state index in [1.165, 1.54) is 0 Å². The van der Waals surface area contributed by atoms with Crippen LogP contribution in [0.4, 0.5) is 5.82 Å². The number of hydrogen-bond donors (Lipinski definition) is 3. The zero-order valence-electron chi connectivity index (χ0n) is 11.7. The number of Topliss-reactive ketones (excluding diaryl/α,β-unsaturated/α-hetero) is 1. The summed E-state index contributed by atoms with van der Waals surface area (Å²) in [6, 6.07) is 7.35. The monoisotopic (exact) mass is 315 g/mol. The van der Waals surface area contributed by atoms with Gasteiger partial charge in [-0.15, -0.1) is 0 Å². The van der Waals surface area contributed by atoms with Crippen LogP contribution in [0.1, 0.15) is 36.3 Å². The quantitative estimate of drug-likeness (QED) is 0.757. The lowest BCUT2D eigenvalue weighted by Gasteiger charge is -2.31. The smallest absolute Gasteiger partial charge is 0.270 e. The Labute approximate surface area is 131 Å². The second-order valence-electron chi connectivity index (χ2n) is 5.65. The number of nitrogens with one attached hydrogen (secondary N) is 3. The van der Waals surface area contributed by atoms with Gasteiger partial charge in [0, 0.05) is 28.6 Å². The second kappa shape index (κ2) is 4.88. The predicted molar refractivity (Wildman–Crippen MR) is 84.2 cm³/mol. The van der Waals surface area contributed by atoms with Gasteiger partial charge in [-0.3, -0.25) is 19.8 Å². The Hall–Kier alpha value is -2.27. The van der Waals surface area contributed by atoms with Gasteiger partial charge in [0.2, 0.25) is 0 Å². The van der Waals surface area contributed by atoms with Crippen molar-refractivity contribution in [3.8, 4) is 0 Å². The molecule has 0 bridgehead atoms. The average Bonchev–Trinajstić information content (AvgIpc) is 2.87. The molecule has 1 atom stereocenters. The summed E-state index contributed by atoms with van der Waals surface area (Å²) in [4.78, 5) is 24.7. The van der Waals surface area contributed by atoms with Crippen molar-refractivity contribution in [1.29, 1.82) is 0 Å². The van der Waals surface area contributed by atoms with E-state index in [2.05, 4.69) is 15.5 Å². The number of H-pyrrole nitrogens is 2. The van der Waals surface area contributed by atoms with E-state index in [1.807, 2.05) is 18.2 Å². The maximum atomic E-state index is 12.5. The average molecular weight is 316 g/mol. The van der Waals surface area contributed by atoms with E-state index in [1.54, 1.807) is 6.07 Å². The molecule has 0 radical (unpaired) electrons. The highest BCUT2D eigenvalue weighted by Crippen LogP contribution is 2.43. The van der Waals surface area contributed by atoms with Crippen LogP contribution in [0.15, 0.2) is 40.3 Å². The number of rotatable bonds is 1. The van der Waals surface area contributed by atoms with Crippen molar-refractivity contribution in [3.05, 3.63) is 62.0 Å². The summed E-state index contributed by atoms with van der Waals surface area (Å²) in [5.41, 5.74) is 2.81. The van der Waals surface area contributed by atoms with Crippen LogP contribution in [-0.2, 0) is 4.79 Å². The van der Waals surface area contributed by atoms with Gasteiger partial charge in [0.25, 0.3) is 5.56 Å². The van der Waals surface area contributed by atoms with Gasteiger partial charge in [-0.1, -0.05) is 23.7 Å². The molecule has 3 N–H and O–H groups in total. The molecule has 6 heteroatoms. The van der Waals surface area contributed by atoms with Crippen molar-refractivity contribution in [1.82, 2.24) is 10.2 Å². The largest absolute Gasteiger partial charge is 0.343 e. The third-order valence-corrected chi connectivity index (χ3v) is 4.54. The highest BCUT2D eigenvalue weighted by atomic mass is 35.5. The minimum absolute atomic E-state index is 0.102. The van der Waals surface area contributed by atoms with Gasteiger partial charge in [0.1, 0.15) is 5.82 Å². The predicted octanol–water partition coefficient (Wildman–Crippen LogP) is 2.92. The normalized spacial score (nSPS) is 20.4. The topological polar surface area (TPSA) is 77.8 Å². The Balaban J connectivity index is 1.98. The third-order valence-electron chi connectivity index (χ3n) is 4.31. The number of aromatic amines is 2. The van der Waals surface area contributed by atoms with Crippen molar-refractivity contribution in [2.75, 3.05) is 5.32 Å². The first-order chi connectivity index (χ1) is 10.6. The van der Waals surface area contributed by atoms with Gasteiger partial charge < -0.3 is 5.32 Å². The highest BCUT2D eigenvalue weighted by molar-refractivity contribution is 6.30. The molecule has 1 aromatic carbocycles. The molecule has 1 aliphatic heterocycles. The molecule has 2 heterocycles. The van der Waals surface area contributed by atoms with Crippen molar-refractivity contribution in [2.24, 2.45) is 0 Å². The van der Waals surface area contributed by atoms with Crippen molar-refractivity contribution in [3.63, 3.8) is 0 Å². The lowest BCUT2D eigenvalue weighted by molar-refractivity contribution is -0.116. The molecular formula is C16H14ClN3O2. The molecule has 5 nitrogen and oxygen atoms in total. The Kier molecular flexibility index (Phi) is 2.97. The molecule has 1 aliphatic carbocycles. The van der Waals surface area contributed by atoms with Crippen LogP contribution >= 0.6 is 11.6 Å². The minimum atomic E-state index is -0.368. The van der Waals surface area contributed by atoms with Crippen LogP contribution in [0.5, 0.6) is 0 Å². The zero-order valence-corrected chi connectivity index (χ0v) is 12.5. The Morgan fingerprint density at radius 2 is 2.00 bits per heavy atom. The Morgan fingerprint density at radius 3 is 2.82 bits per heavy atom. The first-order valence-corrected chi connectivity index (χ1v) is 7.62. The Bertz CT molecular complexity index is 862. The number of anilines is 1. The van der Waals surface area contributed by atoms with Crippen molar-refractivity contribution < 1.29 is 4.79 Å². The first kappa shape index (κ1) is 13.4.